The molecule has 6 heteroatoms. The first-order valence-corrected chi connectivity index (χ1v) is 6.38. The van der Waals surface area contributed by atoms with E-state index in [9.17, 15) is 15.2 Å². The second kappa shape index (κ2) is 7.70. The van der Waals surface area contributed by atoms with E-state index in [-0.39, 0.29) is 18.9 Å². The van der Waals surface area contributed by atoms with Gasteiger partial charge < -0.3 is 15.1 Å². The number of rotatable bonds is 8. The molecule has 0 unspecified atom stereocenters. The molecule has 0 aliphatic heterocycles. The number of nitro groups is 1. The molecule has 19 heavy (non-hydrogen) atoms. The Hall–Kier alpha value is -1.66. The monoisotopic (exact) mass is 268 g/mol. The van der Waals surface area contributed by atoms with E-state index >= 15 is 0 Å². The third-order valence-electron chi connectivity index (χ3n) is 2.95. The minimum absolute atomic E-state index is 0.0230. The Kier molecular flexibility index (Phi) is 6.24. The largest absolute Gasteiger partial charge is 0.395 e. The average Bonchev–Trinajstić information content (AvgIpc) is 2.42. The van der Waals surface area contributed by atoms with Crippen LogP contribution in [0.2, 0.25) is 0 Å². The molecule has 0 aromatic heterocycles. The van der Waals surface area contributed by atoms with Crippen LogP contribution in [0, 0.1) is 10.1 Å². The smallest absolute Gasteiger partial charge is 0.275 e. The Morgan fingerprint density at radius 3 is 2.58 bits per heavy atom. The first kappa shape index (κ1) is 15.4. The number of benzene rings is 1. The van der Waals surface area contributed by atoms with Crippen molar-refractivity contribution in [3.8, 4) is 0 Å². The Morgan fingerprint density at radius 2 is 2.05 bits per heavy atom. The summed E-state index contributed by atoms with van der Waals surface area (Å²) in [5.74, 6) is 0. The highest BCUT2D eigenvalue weighted by molar-refractivity contribution is 5.55. The molecule has 0 atom stereocenters. The molecule has 1 aromatic rings. The van der Waals surface area contributed by atoms with Crippen LogP contribution >= 0.6 is 0 Å². The maximum absolute atomic E-state index is 10.8. The first-order chi connectivity index (χ1) is 9.13. The molecule has 1 rings (SSSR count). The lowest BCUT2D eigenvalue weighted by atomic mass is 10.1. The summed E-state index contributed by atoms with van der Waals surface area (Å²) in [4.78, 5) is 12.3. The average molecular weight is 268 g/mol. The van der Waals surface area contributed by atoms with Gasteiger partial charge in [0.2, 0.25) is 0 Å². The van der Waals surface area contributed by atoms with Crippen molar-refractivity contribution in [3.05, 3.63) is 33.9 Å². The lowest BCUT2D eigenvalue weighted by molar-refractivity contribution is -0.385. The summed E-state index contributed by atoms with van der Waals surface area (Å²) < 4.78 is 0. The summed E-state index contributed by atoms with van der Waals surface area (Å²) in [7, 11) is 0. The number of aliphatic hydroxyl groups is 2. The molecule has 0 saturated heterocycles. The van der Waals surface area contributed by atoms with Crippen LogP contribution in [0.1, 0.15) is 25.3 Å². The van der Waals surface area contributed by atoms with Gasteiger partial charge in [0.1, 0.15) is 0 Å². The molecular formula is C13H20N2O4. The van der Waals surface area contributed by atoms with Crippen LogP contribution in [-0.4, -0.2) is 34.8 Å². The minimum Gasteiger partial charge on any atom is -0.395 e. The SMILES string of the molecule is CCCCN(CCO)c1ccc([N+](=O)[O-])c(CO)c1. The Morgan fingerprint density at radius 1 is 1.32 bits per heavy atom. The maximum Gasteiger partial charge on any atom is 0.275 e. The summed E-state index contributed by atoms with van der Waals surface area (Å²) in [5.41, 5.74) is 1.00. The highest BCUT2D eigenvalue weighted by Crippen LogP contribution is 2.25. The zero-order chi connectivity index (χ0) is 14.3. The molecule has 0 aliphatic carbocycles. The first-order valence-electron chi connectivity index (χ1n) is 6.38. The summed E-state index contributed by atoms with van der Waals surface area (Å²) in [6.45, 7) is 2.98. The molecule has 0 fully saturated rings. The van der Waals surface area contributed by atoms with Crippen molar-refractivity contribution in [3.63, 3.8) is 0 Å². The van der Waals surface area contributed by atoms with E-state index in [1.807, 2.05) is 4.90 Å². The van der Waals surface area contributed by atoms with Gasteiger partial charge in [-0.1, -0.05) is 13.3 Å². The maximum atomic E-state index is 10.8. The molecule has 2 N–H and O–H groups in total. The van der Waals surface area contributed by atoms with Gasteiger partial charge in [-0.05, 0) is 18.6 Å². The lowest BCUT2D eigenvalue weighted by Gasteiger charge is -2.24. The van der Waals surface area contributed by atoms with Gasteiger partial charge in [-0.3, -0.25) is 10.1 Å². The second-order valence-electron chi connectivity index (χ2n) is 4.29. The van der Waals surface area contributed by atoms with Crippen LogP contribution in [0.4, 0.5) is 11.4 Å². The Labute approximate surface area is 112 Å². The van der Waals surface area contributed by atoms with E-state index in [0.29, 0.717) is 12.1 Å². The van der Waals surface area contributed by atoms with Gasteiger partial charge in [0.05, 0.1) is 23.7 Å². The van der Waals surface area contributed by atoms with Gasteiger partial charge in [-0.25, -0.2) is 0 Å². The second-order valence-corrected chi connectivity index (χ2v) is 4.29. The molecule has 0 saturated carbocycles. The van der Waals surface area contributed by atoms with Gasteiger partial charge in [0.25, 0.3) is 5.69 Å². The molecule has 0 amide bonds. The lowest BCUT2D eigenvalue weighted by Crippen LogP contribution is -2.27. The van der Waals surface area contributed by atoms with Crippen LogP contribution < -0.4 is 4.90 Å². The Balaban J connectivity index is 3.00. The van der Waals surface area contributed by atoms with Gasteiger partial charge in [0, 0.05) is 24.8 Å². The van der Waals surface area contributed by atoms with Crippen LogP contribution in [-0.2, 0) is 6.61 Å². The molecular weight excluding hydrogens is 248 g/mol. The summed E-state index contributed by atoms with van der Waals surface area (Å²) in [5, 5.41) is 29.1. The minimum atomic E-state index is -0.502. The number of unbranched alkanes of at least 4 members (excludes halogenated alkanes) is 1. The quantitative estimate of drug-likeness (QED) is 0.553. The molecule has 106 valence electrons. The van der Waals surface area contributed by atoms with E-state index in [4.69, 9.17) is 5.11 Å². The van der Waals surface area contributed by atoms with Crippen LogP contribution in [0.15, 0.2) is 18.2 Å². The fourth-order valence-electron chi connectivity index (χ4n) is 1.91. The van der Waals surface area contributed by atoms with Crippen molar-refractivity contribution in [2.45, 2.75) is 26.4 Å². The van der Waals surface area contributed by atoms with Crippen molar-refractivity contribution in [1.29, 1.82) is 0 Å². The van der Waals surface area contributed by atoms with Crippen LogP contribution in [0.5, 0.6) is 0 Å². The van der Waals surface area contributed by atoms with Gasteiger partial charge >= 0.3 is 0 Å². The standard InChI is InChI=1S/C13H20N2O4/c1-2-3-6-14(7-8-16)12-4-5-13(15(18)19)11(9-12)10-17/h4-5,9,16-17H,2-3,6-8,10H2,1H3. The number of aliphatic hydroxyl groups excluding tert-OH is 2. The summed E-state index contributed by atoms with van der Waals surface area (Å²) in [6.07, 6.45) is 2.01. The molecule has 0 heterocycles. The summed E-state index contributed by atoms with van der Waals surface area (Å²) >= 11 is 0. The molecule has 0 spiro atoms. The fourth-order valence-corrected chi connectivity index (χ4v) is 1.91. The number of anilines is 1. The van der Waals surface area contributed by atoms with Crippen LogP contribution in [0.25, 0.3) is 0 Å². The fraction of sp³-hybridized carbons (Fsp3) is 0.538. The molecule has 0 bridgehead atoms. The van der Waals surface area contributed by atoms with Gasteiger partial charge in [-0.15, -0.1) is 0 Å². The van der Waals surface area contributed by atoms with Gasteiger partial charge in [0.15, 0.2) is 0 Å². The van der Waals surface area contributed by atoms with E-state index in [0.717, 1.165) is 25.1 Å². The van der Waals surface area contributed by atoms with Crippen molar-refractivity contribution < 1.29 is 15.1 Å². The highest BCUT2D eigenvalue weighted by Gasteiger charge is 2.15. The normalized spacial score (nSPS) is 10.5. The van der Waals surface area contributed by atoms with E-state index in [1.165, 1.54) is 6.07 Å². The zero-order valence-electron chi connectivity index (χ0n) is 11.1. The predicted molar refractivity (Wildman–Crippen MR) is 73.2 cm³/mol. The zero-order valence-corrected chi connectivity index (χ0v) is 11.1. The third-order valence-corrected chi connectivity index (χ3v) is 2.95. The number of hydrogen-bond donors (Lipinski definition) is 2. The van der Waals surface area contributed by atoms with E-state index < -0.39 is 4.92 Å². The molecule has 1 aromatic carbocycles. The van der Waals surface area contributed by atoms with Crippen molar-refractivity contribution >= 4 is 11.4 Å². The molecule has 6 nitrogen and oxygen atoms in total. The predicted octanol–water partition coefficient (Wildman–Crippen LogP) is 1.69. The number of nitrogens with zero attached hydrogens (tertiary/aromatic N) is 2. The number of hydrogen-bond acceptors (Lipinski definition) is 5. The van der Waals surface area contributed by atoms with Crippen molar-refractivity contribution in [1.82, 2.24) is 0 Å². The topological polar surface area (TPSA) is 86.8 Å². The number of nitro benzene ring substituents is 1. The highest BCUT2D eigenvalue weighted by atomic mass is 16.6. The van der Waals surface area contributed by atoms with E-state index in [1.54, 1.807) is 12.1 Å². The Bertz CT molecular complexity index is 423. The summed E-state index contributed by atoms with van der Waals surface area (Å²) in [6, 6.07) is 4.67. The van der Waals surface area contributed by atoms with Crippen molar-refractivity contribution in [2.24, 2.45) is 0 Å². The van der Waals surface area contributed by atoms with E-state index in [2.05, 4.69) is 6.92 Å². The van der Waals surface area contributed by atoms with Crippen molar-refractivity contribution in [2.75, 3.05) is 24.6 Å². The van der Waals surface area contributed by atoms with Crippen LogP contribution in [0.3, 0.4) is 0 Å². The molecule has 0 aliphatic rings. The van der Waals surface area contributed by atoms with Gasteiger partial charge in [-0.2, -0.15) is 0 Å². The molecule has 0 radical (unpaired) electrons. The third kappa shape index (κ3) is 4.18.